The van der Waals surface area contributed by atoms with E-state index in [0.717, 1.165) is 17.5 Å². The van der Waals surface area contributed by atoms with Crippen molar-refractivity contribution in [1.82, 2.24) is 5.32 Å². The Morgan fingerprint density at radius 1 is 1.30 bits per heavy atom. The number of hydrogen-bond donors (Lipinski definition) is 2. The zero-order valence-corrected chi connectivity index (χ0v) is 13.3. The number of amides is 1. The Morgan fingerprint density at radius 2 is 2.00 bits per heavy atom. The lowest BCUT2D eigenvalue weighted by Gasteiger charge is -2.29. The molecule has 23 heavy (non-hydrogen) atoms. The molecule has 1 aromatic carbocycles. The van der Waals surface area contributed by atoms with Gasteiger partial charge in [-0.05, 0) is 41.9 Å². The number of likely N-dealkylation sites (N-methyl/N-ethyl adjacent to an activating group) is 1. The lowest BCUT2D eigenvalue weighted by atomic mass is 9.96. The fourth-order valence-corrected chi connectivity index (χ4v) is 2.85. The third-order valence-electron chi connectivity index (χ3n) is 4.41. The summed E-state index contributed by atoms with van der Waals surface area (Å²) in [5.41, 5.74) is 1.89. The molecule has 1 amide bonds. The van der Waals surface area contributed by atoms with E-state index in [1.54, 1.807) is 7.05 Å². The van der Waals surface area contributed by atoms with E-state index < -0.39 is 6.29 Å². The SMILES string of the molecule is CNC(=O)C1=C[C@H](C2CC2)C[C@H](OCc2ccc(CO)cc2)O1. The first-order valence-corrected chi connectivity index (χ1v) is 8.10. The van der Waals surface area contributed by atoms with Gasteiger partial charge >= 0.3 is 0 Å². The van der Waals surface area contributed by atoms with Crippen molar-refractivity contribution in [2.75, 3.05) is 7.05 Å². The molecule has 1 aliphatic heterocycles. The molecule has 1 fully saturated rings. The number of benzene rings is 1. The van der Waals surface area contributed by atoms with E-state index in [1.807, 2.05) is 30.3 Å². The molecule has 3 rings (SSSR count). The first-order chi connectivity index (χ1) is 11.2. The van der Waals surface area contributed by atoms with Crippen molar-refractivity contribution in [2.24, 2.45) is 11.8 Å². The largest absolute Gasteiger partial charge is 0.459 e. The van der Waals surface area contributed by atoms with E-state index >= 15 is 0 Å². The molecule has 1 aromatic rings. The van der Waals surface area contributed by atoms with Crippen molar-refractivity contribution in [1.29, 1.82) is 0 Å². The number of ether oxygens (including phenoxy) is 2. The highest BCUT2D eigenvalue weighted by Crippen LogP contribution is 2.42. The van der Waals surface area contributed by atoms with Crippen LogP contribution in [0.15, 0.2) is 36.1 Å². The van der Waals surface area contributed by atoms with Crippen LogP contribution in [-0.4, -0.2) is 24.4 Å². The van der Waals surface area contributed by atoms with Gasteiger partial charge in [-0.1, -0.05) is 24.3 Å². The summed E-state index contributed by atoms with van der Waals surface area (Å²) in [6, 6.07) is 7.62. The number of aliphatic hydroxyl groups excluding tert-OH is 1. The van der Waals surface area contributed by atoms with Crippen LogP contribution in [0.1, 0.15) is 30.4 Å². The van der Waals surface area contributed by atoms with E-state index in [2.05, 4.69) is 5.32 Å². The molecular weight excluding hydrogens is 294 g/mol. The second-order valence-electron chi connectivity index (χ2n) is 6.18. The summed E-state index contributed by atoms with van der Waals surface area (Å²) in [6.45, 7) is 0.463. The number of hydrogen-bond acceptors (Lipinski definition) is 4. The second kappa shape index (κ2) is 7.15. The Hall–Kier alpha value is -1.85. The molecule has 124 valence electrons. The maximum atomic E-state index is 11.9. The van der Waals surface area contributed by atoms with Gasteiger partial charge in [0.25, 0.3) is 5.91 Å². The predicted octanol–water partition coefficient (Wildman–Crippen LogP) is 2.10. The van der Waals surface area contributed by atoms with Gasteiger partial charge in [-0.3, -0.25) is 4.79 Å². The average molecular weight is 317 g/mol. The summed E-state index contributed by atoms with van der Waals surface area (Å²) < 4.78 is 11.6. The van der Waals surface area contributed by atoms with Crippen LogP contribution in [0.2, 0.25) is 0 Å². The lowest BCUT2D eigenvalue weighted by molar-refractivity contribution is -0.153. The maximum absolute atomic E-state index is 11.9. The molecular formula is C18H23NO4. The van der Waals surface area contributed by atoms with Gasteiger partial charge in [0.1, 0.15) is 0 Å². The molecule has 1 aliphatic carbocycles. The monoisotopic (exact) mass is 317 g/mol. The minimum Gasteiger partial charge on any atom is -0.459 e. The van der Waals surface area contributed by atoms with Gasteiger partial charge in [0.05, 0.1) is 13.2 Å². The Bertz CT molecular complexity index is 577. The number of carbonyl (C=O) groups is 1. The molecule has 0 saturated heterocycles. The Labute approximate surface area is 136 Å². The molecule has 1 heterocycles. The van der Waals surface area contributed by atoms with Crippen LogP contribution in [0, 0.1) is 11.8 Å². The van der Waals surface area contributed by atoms with E-state index in [-0.39, 0.29) is 12.5 Å². The van der Waals surface area contributed by atoms with Crippen molar-refractivity contribution in [3.05, 3.63) is 47.2 Å². The van der Waals surface area contributed by atoms with Gasteiger partial charge in [0, 0.05) is 13.5 Å². The first kappa shape index (κ1) is 16.0. The molecule has 0 bridgehead atoms. The molecule has 2 atom stereocenters. The van der Waals surface area contributed by atoms with Crippen LogP contribution in [0.3, 0.4) is 0 Å². The molecule has 5 nitrogen and oxygen atoms in total. The molecule has 1 saturated carbocycles. The summed E-state index contributed by atoms with van der Waals surface area (Å²) in [4.78, 5) is 11.9. The smallest absolute Gasteiger partial charge is 0.285 e. The van der Waals surface area contributed by atoms with Gasteiger partial charge in [-0.15, -0.1) is 0 Å². The lowest BCUT2D eigenvalue weighted by Crippen LogP contribution is -2.32. The molecule has 0 unspecified atom stereocenters. The van der Waals surface area contributed by atoms with Crippen LogP contribution in [0.4, 0.5) is 0 Å². The number of carbonyl (C=O) groups excluding carboxylic acids is 1. The molecule has 0 aromatic heterocycles. The molecule has 2 aliphatic rings. The standard InChI is InChI=1S/C18H23NO4/c1-19-18(21)16-8-15(14-6-7-14)9-17(23-16)22-11-13-4-2-12(10-20)3-5-13/h2-5,8,14-15,17,20H,6-7,9-11H2,1H3,(H,19,21)/t15-,17+/m0/s1. The quantitative estimate of drug-likeness (QED) is 0.843. The van der Waals surface area contributed by atoms with Crippen LogP contribution < -0.4 is 5.32 Å². The van der Waals surface area contributed by atoms with Gasteiger partial charge in [-0.2, -0.15) is 0 Å². The third-order valence-corrected chi connectivity index (χ3v) is 4.41. The van der Waals surface area contributed by atoms with E-state index in [0.29, 0.717) is 24.2 Å². The minimum absolute atomic E-state index is 0.0379. The van der Waals surface area contributed by atoms with Crippen LogP contribution >= 0.6 is 0 Å². The summed E-state index contributed by atoms with van der Waals surface area (Å²) in [7, 11) is 1.60. The highest BCUT2D eigenvalue weighted by molar-refractivity contribution is 5.91. The van der Waals surface area contributed by atoms with Crippen molar-refractivity contribution in [3.8, 4) is 0 Å². The van der Waals surface area contributed by atoms with E-state index in [9.17, 15) is 4.79 Å². The Balaban J connectivity index is 1.60. The molecule has 0 radical (unpaired) electrons. The summed E-state index contributed by atoms with van der Waals surface area (Å²) in [6.07, 6.45) is 4.79. The number of allylic oxidation sites excluding steroid dienone is 1. The first-order valence-electron chi connectivity index (χ1n) is 8.10. The van der Waals surface area contributed by atoms with Crippen molar-refractivity contribution in [2.45, 2.75) is 38.8 Å². The normalized spacial score (nSPS) is 23.8. The van der Waals surface area contributed by atoms with Gasteiger partial charge in [-0.25, -0.2) is 0 Å². The second-order valence-corrected chi connectivity index (χ2v) is 6.18. The molecule has 5 heteroatoms. The van der Waals surface area contributed by atoms with Crippen LogP contribution in [0.25, 0.3) is 0 Å². The molecule has 0 spiro atoms. The highest BCUT2D eigenvalue weighted by atomic mass is 16.7. The fourth-order valence-electron chi connectivity index (χ4n) is 2.85. The zero-order chi connectivity index (χ0) is 16.2. The topological polar surface area (TPSA) is 67.8 Å². The number of aliphatic hydroxyl groups is 1. The summed E-state index contributed by atoms with van der Waals surface area (Å²) in [5, 5.41) is 11.7. The van der Waals surface area contributed by atoms with Gasteiger partial charge in [0.2, 0.25) is 6.29 Å². The number of nitrogens with one attached hydrogen (secondary N) is 1. The van der Waals surface area contributed by atoms with Gasteiger partial charge in [0.15, 0.2) is 5.76 Å². The maximum Gasteiger partial charge on any atom is 0.285 e. The van der Waals surface area contributed by atoms with E-state index in [4.69, 9.17) is 14.6 Å². The summed E-state index contributed by atoms with van der Waals surface area (Å²) >= 11 is 0. The number of rotatable bonds is 6. The average Bonchev–Trinajstić information content (AvgIpc) is 3.44. The van der Waals surface area contributed by atoms with Crippen LogP contribution in [0.5, 0.6) is 0 Å². The molecule has 2 N–H and O–H groups in total. The minimum atomic E-state index is -0.393. The Morgan fingerprint density at radius 3 is 2.61 bits per heavy atom. The highest BCUT2D eigenvalue weighted by Gasteiger charge is 2.36. The Kier molecular flexibility index (Phi) is 4.98. The zero-order valence-electron chi connectivity index (χ0n) is 13.3. The van der Waals surface area contributed by atoms with Gasteiger partial charge < -0.3 is 19.9 Å². The van der Waals surface area contributed by atoms with Crippen LogP contribution in [-0.2, 0) is 27.5 Å². The van der Waals surface area contributed by atoms with Crippen molar-refractivity contribution < 1.29 is 19.4 Å². The van der Waals surface area contributed by atoms with E-state index in [1.165, 1.54) is 12.8 Å². The predicted molar refractivity (Wildman–Crippen MR) is 85.0 cm³/mol. The fraction of sp³-hybridized carbons (Fsp3) is 0.500. The summed E-state index contributed by atoms with van der Waals surface area (Å²) in [5.74, 6) is 1.19. The third kappa shape index (κ3) is 4.12. The van der Waals surface area contributed by atoms with Crippen molar-refractivity contribution in [3.63, 3.8) is 0 Å². The van der Waals surface area contributed by atoms with Crippen molar-refractivity contribution >= 4 is 5.91 Å².